The first-order valence-corrected chi connectivity index (χ1v) is 8.08. The minimum atomic E-state index is -0.579. The van der Waals surface area contributed by atoms with Gasteiger partial charge in [0.1, 0.15) is 5.60 Å². The van der Waals surface area contributed by atoms with Crippen molar-refractivity contribution >= 4 is 0 Å². The summed E-state index contributed by atoms with van der Waals surface area (Å²) in [5.74, 6) is 2.31. The van der Waals surface area contributed by atoms with Crippen LogP contribution in [0.15, 0.2) is 23.8 Å². The molecule has 0 spiro atoms. The van der Waals surface area contributed by atoms with Crippen molar-refractivity contribution in [1.29, 1.82) is 0 Å². The summed E-state index contributed by atoms with van der Waals surface area (Å²) in [4.78, 5) is 0. The van der Waals surface area contributed by atoms with E-state index in [0.29, 0.717) is 11.8 Å². The zero-order valence-electron chi connectivity index (χ0n) is 13.5. The molecule has 2 aliphatic heterocycles. The van der Waals surface area contributed by atoms with Crippen LogP contribution in [0.4, 0.5) is 0 Å². The molecule has 1 aliphatic carbocycles. The van der Waals surface area contributed by atoms with Crippen LogP contribution in [0.25, 0.3) is 0 Å². The van der Waals surface area contributed by atoms with Crippen LogP contribution in [-0.2, 0) is 9.47 Å². The maximum atomic E-state index is 6.42. The Bertz CT molecular complexity index is 450. The second-order valence-corrected chi connectivity index (χ2v) is 7.39. The zero-order chi connectivity index (χ0) is 14.5. The molecule has 2 heteroatoms. The molecule has 2 bridgehead atoms. The van der Waals surface area contributed by atoms with Gasteiger partial charge in [0.25, 0.3) is 0 Å². The predicted molar refractivity (Wildman–Crippen MR) is 81.3 cm³/mol. The number of hydrogen-bond donors (Lipinski definition) is 0. The number of hydrogen-bond acceptors (Lipinski definition) is 2. The van der Waals surface area contributed by atoms with Crippen LogP contribution in [0, 0.1) is 23.7 Å². The van der Waals surface area contributed by atoms with E-state index in [0.717, 1.165) is 11.8 Å². The molecule has 0 aromatic rings. The summed E-state index contributed by atoms with van der Waals surface area (Å²) in [7, 11) is 1.74. The highest BCUT2D eigenvalue weighted by Crippen LogP contribution is 2.54. The average molecular weight is 276 g/mol. The molecule has 112 valence electrons. The SMILES string of the molecule is COC12C=CC(C3CC(C(C)C)CCC3C)(C=C1C)O2. The molecule has 0 radical (unpaired) electrons. The monoisotopic (exact) mass is 276 g/mol. The summed E-state index contributed by atoms with van der Waals surface area (Å²) in [6.07, 6.45) is 10.7. The molecule has 2 nitrogen and oxygen atoms in total. The van der Waals surface area contributed by atoms with Gasteiger partial charge in [-0.25, -0.2) is 0 Å². The first kappa shape index (κ1) is 14.3. The van der Waals surface area contributed by atoms with E-state index in [1.54, 1.807) is 7.11 Å². The lowest BCUT2D eigenvalue weighted by Crippen LogP contribution is -2.43. The van der Waals surface area contributed by atoms with Gasteiger partial charge in [-0.15, -0.1) is 0 Å². The van der Waals surface area contributed by atoms with Gasteiger partial charge in [0, 0.05) is 7.11 Å². The first-order chi connectivity index (χ1) is 9.42. The summed E-state index contributed by atoms with van der Waals surface area (Å²) in [6, 6.07) is 0. The Labute approximate surface area is 123 Å². The Morgan fingerprint density at radius 3 is 2.60 bits per heavy atom. The van der Waals surface area contributed by atoms with Gasteiger partial charge in [-0.1, -0.05) is 27.2 Å². The molecular weight excluding hydrogens is 248 g/mol. The third-order valence-electron chi connectivity index (χ3n) is 5.95. The maximum absolute atomic E-state index is 6.42. The van der Waals surface area contributed by atoms with Crippen molar-refractivity contribution in [2.75, 3.05) is 7.11 Å². The molecule has 5 atom stereocenters. The normalized spacial score (nSPS) is 47.1. The van der Waals surface area contributed by atoms with E-state index in [4.69, 9.17) is 9.47 Å². The van der Waals surface area contributed by atoms with Crippen molar-refractivity contribution in [3.63, 3.8) is 0 Å². The number of rotatable bonds is 3. The van der Waals surface area contributed by atoms with E-state index in [9.17, 15) is 0 Å². The van der Waals surface area contributed by atoms with Crippen molar-refractivity contribution in [1.82, 2.24) is 0 Å². The highest BCUT2D eigenvalue weighted by molar-refractivity contribution is 5.41. The minimum Gasteiger partial charge on any atom is -0.346 e. The molecule has 20 heavy (non-hydrogen) atoms. The van der Waals surface area contributed by atoms with Gasteiger partial charge in [-0.05, 0) is 67.2 Å². The van der Waals surface area contributed by atoms with E-state index < -0.39 is 5.79 Å². The summed E-state index contributed by atoms with van der Waals surface area (Å²) >= 11 is 0. The fraction of sp³-hybridized carbons (Fsp3) is 0.778. The molecule has 5 unspecified atom stereocenters. The van der Waals surface area contributed by atoms with Crippen LogP contribution in [0.2, 0.25) is 0 Å². The Morgan fingerprint density at radius 1 is 1.30 bits per heavy atom. The second kappa shape index (κ2) is 4.71. The molecule has 0 saturated heterocycles. The molecular formula is C18H28O2. The van der Waals surface area contributed by atoms with Gasteiger partial charge >= 0.3 is 0 Å². The van der Waals surface area contributed by atoms with Gasteiger partial charge < -0.3 is 9.47 Å². The minimum absolute atomic E-state index is 0.215. The second-order valence-electron chi connectivity index (χ2n) is 7.39. The van der Waals surface area contributed by atoms with E-state index in [2.05, 4.69) is 45.9 Å². The van der Waals surface area contributed by atoms with Crippen LogP contribution < -0.4 is 0 Å². The quantitative estimate of drug-likeness (QED) is 0.715. The fourth-order valence-electron chi connectivity index (χ4n) is 4.46. The highest BCUT2D eigenvalue weighted by atomic mass is 16.7. The zero-order valence-corrected chi connectivity index (χ0v) is 13.5. The topological polar surface area (TPSA) is 18.5 Å². The molecule has 2 heterocycles. The van der Waals surface area contributed by atoms with Crippen LogP contribution in [0.5, 0.6) is 0 Å². The van der Waals surface area contributed by atoms with Crippen LogP contribution >= 0.6 is 0 Å². The fourth-order valence-corrected chi connectivity index (χ4v) is 4.46. The number of ether oxygens (including phenoxy) is 2. The van der Waals surface area contributed by atoms with Crippen LogP contribution in [0.3, 0.4) is 0 Å². The summed E-state index contributed by atoms with van der Waals surface area (Å²) in [5, 5.41) is 0. The number of fused-ring (bicyclic) bond motifs is 2. The third kappa shape index (κ3) is 1.92. The number of methoxy groups -OCH3 is 1. The molecule has 1 saturated carbocycles. The Kier molecular flexibility index (Phi) is 3.38. The average Bonchev–Trinajstić information content (AvgIpc) is 2.93. The highest BCUT2D eigenvalue weighted by Gasteiger charge is 2.56. The lowest BCUT2D eigenvalue weighted by molar-refractivity contribution is -0.191. The lowest BCUT2D eigenvalue weighted by Gasteiger charge is -2.43. The molecule has 1 fully saturated rings. The van der Waals surface area contributed by atoms with E-state index in [1.165, 1.54) is 24.8 Å². The van der Waals surface area contributed by atoms with E-state index in [-0.39, 0.29) is 5.60 Å². The van der Waals surface area contributed by atoms with Gasteiger partial charge in [0.05, 0.1) is 0 Å². The summed E-state index contributed by atoms with van der Waals surface area (Å²) in [5.41, 5.74) is 0.994. The standard InChI is InChI=1S/C18H28O2/c1-12(2)15-7-6-13(3)16(10-15)17-8-9-18(19-5,20-17)14(4)11-17/h8-9,11-13,15-16H,6-7,10H2,1-5H3. The molecule has 0 aromatic heterocycles. The van der Waals surface area contributed by atoms with Gasteiger partial charge in [-0.2, -0.15) is 0 Å². The van der Waals surface area contributed by atoms with E-state index in [1.807, 2.05) is 0 Å². The molecule has 3 aliphatic rings. The van der Waals surface area contributed by atoms with Crippen molar-refractivity contribution in [2.24, 2.45) is 23.7 Å². The van der Waals surface area contributed by atoms with Gasteiger partial charge in [0.2, 0.25) is 5.79 Å². The summed E-state index contributed by atoms with van der Waals surface area (Å²) < 4.78 is 12.1. The molecule has 0 amide bonds. The van der Waals surface area contributed by atoms with Crippen molar-refractivity contribution in [2.45, 2.75) is 58.3 Å². The summed E-state index contributed by atoms with van der Waals surface area (Å²) in [6.45, 7) is 9.23. The molecule has 0 N–H and O–H groups in total. The van der Waals surface area contributed by atoms with Crippen LogP contribution in [-0.4, -0.2) is 18.5 Å². The Morgan fingerprint density at radius 2 is 2.05 bits per heavy atom. The lowest BCUT2D eigenvalue weighted by atomic mass is 9.65. The third-order valence-corrected chi connectivity index (χ3v) is 5.95. The first-order valence-electron chi connectivity index (χ1n) is 8.08. The molecule has 3 rings (SSSR count). The van der Waals surface area contributed by atoms with E-state index >= 15 is 0 Å². The van der Waals surface area contributed by atoms with Gasteiger partial charge in [0.15, 0.2) is 0 Å². The smallest absolute Gasteiger partial charge is 0.211 e. The van der Waals surface area contributed by atoms with Crippen molar-refractivity contribution in [3.8, 4) is 0 Å². The Hall–Kier alpha value is -0.600. The van der Waals surface area contributed by atoms with Crippen LogP contribution in [0.1, 0.15) is 47.0 Å². The Balaban J connectivity index is 1.87. The van der Waals surface area contributed by atoms with Crippen molar-refractivity contribution < 1.29 is 9.47 Å². The maximum Gasteiger partial charge on any atom is 0.211 e. The predicted octanol–water partition coefficient (Wildman–Crippen LogP) is 4.32. The van der Waals surface area contributed by atoms with Crippen molar-refractivity contribution in [3.05, 3.63) is 23.8 Å². The molecule has 0 aromatic carbocycles. The largest absolute Gasteiger partial charge is 0.346 e. The van der Waals surface area contributed by atoms with Gasteiger partial charge in [-0.3, -0.25) is 0 Å².